The van der Waals surface area contributed by atoms with Crippen molar-refractivity contribution in [1.29, 1.82) is 0 Å². The third kappa shape index (κ3) is 4.53. The van der Waals surface area contributed by atoms with Crippen molar-refractivity contribution < 1.29 is 23.8 Å². The summed E-state index contributed by atoms with van der Waals surface area (Å²) in [5.41, 5.74) is -0.535. The van der Waals surface area contributed by atoms with Crippen LogP contribution < -0.4 is 5.32 Å². The number of nitrogens with one attached hydrogen (secondary N) is 1. The number of carbonyl (C=O) groups excluding carboxylic acids is 2. The van der Waals surface area contributed by atoms with Crippen LogP contribution in [0.25, 0.3) is 0 Å². The molecule has 6 heteroatoms. The lowest BCUT2D eigenvalue weighted by molar-refractivity contribution is 0.0496. The largest absolute Gasteiger partial charge is 0.508 e. The summed E-state index contributed by atoms with van der Waals surface area (Å²) in [6, 6.07) is 0. The SMILES string of the molecule is CC(C)(C)OC(=O)NCC1COC(=O)O1. The summed E-state index contributed by atoms with van der Waals surface area (Å²) in [5, 5.41) is 2.48. The molecule has 0 spiro atoms. The van der Waals surface area contributed by atoms with Crippen molar-refractivity contribution in [3.63, 3.8) is 0 Å². The normalized spacial score (nSPS) is 20.5. The van der Waals surface area contributed by atoms with Crippen LogP contribution in [0, 0.1) is 0 Å². The van der Waals surface area contributed by atoms with E-state index in [4.69, 9.17) is 9.47 Å². The fourth-order valence-electron chi connectivity index (χ4n) is 0.977. The Morgan fingerprint density at radius 1 is 1.60 bits per heavy atom. The molecule has 1 unspecified atom stereocenters. The smallest absolute Gasteiger partial charge is 0.444 e. The molecule has 1 atom stereocenters. The van der Waals surface area contributed by atoms with Crippen molar-refractivity contribution in [2.24, 2.45) is 0 Å². The van der Waals surface area contributed by atoms with Gasteiger partial charge in [-0.2, -0.15) is 0 Å². The van der Waals surface area contributed by atoms with Gasteiger partial charge in [-0.05, 0) is 20.8 Å². The number of cyclic esters (lactones) is 2. The van der Waals surface area contributed by atoms with E-state index in [1.807, 2.05) is 0 Å². The monoisotopic (exact) mass is 217 g/mol. The van der Waals surface area contributed by atoms with Gasteiger partial charge in [0.25, 0.3) is 0 Å². The molecule has 86 valence electrons. The number of hydrogen-bond donors (Lipinski definition) is 1. The number of rotatable bonds is 2. The quantitative estimate of drug-likeness (QED) is 0.700. The van der Waals surface area contributed by atoms with Crippen LogP contribution in [0.2, 0.25) is 0 Å². The summed E-state index contributed by atoms with van der Waals surface area (Å²) in [7, 11) is 0. The van der Waals surface area contributed by atoms with Crippen LogP contribution >= 0.6 is 0 Å². The third-order valence-electron chi connectivity index (χ3n) is 1.52. The van der Waals surface area contributed by atoms with Gasteiger partial charge in [-0.1, -0.05) is 0 Å². The van der Waals surface area contributed by atoms with Crippen LogP contribution in [-0.2, 0) is 14.2 Å². The average Bonchev–Trinajstić information content (AvgIpc) is 2.45. The molecule has 6 nitrogen and oxygen atoms in total. The Hall–Kier alpha value is -1.46. The molecular formula is C9H15NO5. The zero-order valence-corrected chi connectivity index (χ0v) is 9.03. The van der Waals surface area contributed by atoms with E-state index in [-0.39, 0.29) is 13.2 Å². The molecule has 15 heavy (non-hydrogen) atoms. The number of carbonyl (C=O) groups is 2. The van der Waals surface area contributed by atoms with Gasteiger partial charge in [0.2, 0.25) is 0 Å². The van der Waals surface area contributed by atoms with Gasteiger partial charge in [-0.25, -0.2) is 9.59 Å². The highest BCUT2D eigenvalue weighted by Gasteiger charge is 2.26. The van der Waals surface area contributed by atoms with Crippen LogP contribution in [-0.4, -0.2) is 37.1 Å². The fourth-order valence-corrected chi connectivity index (χ4v) is 0.977. The molecule has 0 aromatic carbocycles. The number of ether oxygens (including phenoxy) is 3. The second-order valence-electron chi connectivity index (χ2n) is 4.18. The van der Waals surface area contributed by atoms with Crippen LogP contribution in [0.4, 0.5) is 9.59 Å². The minimum Gasteiger partial charge on any atom is -0.444 e. The first-order chi connectivity index (χ1) is 6.87. The maximum Gasteiger partial charge on any atom is 0.508 e. The van der Waals surface area contributed by atoms with Crippen LogP contribution in [0.15, 0.2) is 0 Å². The Balaban J connectivity index is 2.20. The zero-order chi connectivity index (χ0) is 11.5. The Morgan fingerprint density at radius 3 is 2.73 bits per heavy atom. The Kier molecular flexibility index (Phi) is 3.39. The number of amides is 1. The standard InChI is InChI=1S/C9H15NO5/c1-9(2,3)15-7(11)10-4-6-5-13-8(12)14-6/h6H,4-5H2,1-3H3,(H,10,11). The van der Waals surface area contributed by atoms with E-state index in [2.05, 4.69) is 10.1 Å². The molecule has 0 aliphatic carbocycles. The minimum absolute atomic E-state index is 0.161. The summed E-state index contributed by atoms with van der Waals surface area (Å²) in [5.74, 6) is 0. The lowest BCUT2D eigenvalue weighted by Gasteiger charge is -2.20. The van der Waals surface area contributed by atoms with E-state index in [0.29, 0.717) is 0 Å². The summed E-state index contributed by atoms with van der Waals surface area (Å²) in [6.45, 7) is 5.66. The van der Waals surface area contributed by atoms with E-state index in [0.717, 1.165) is 0 Å². The first-order valence-corrected chi connectivity index (χ1v) is 4.67. The second kappa shape index (κ2) is 4.37. The van der Waals surface area contributed by atoms with E-state index in [9.17, 15) is 9.59 Å². The van der Waals surface area contributed by atoms with Crippen LogP contribution in [0.5, 0.6) is 0 Å². The molecular weight excluding hydrogens is 202 g/mol. The molecule has 1 fully saturated rings. The second-order valence-corrected chi connectivity index (χ2v) is 4.18. The van der Waals surface area contributed by atoms with E-state index < -0.39 is 24.0 Å². The zero-order valence-electron chi connectivity index (χ0n) is 9.03. The molecule has 0 aromatic heterocycles. The van der Waals surface area contributed by atoms with Gasteiger partial charge in [0.15, 0.2) is 6.10 Å². The van der Waals surface area contributed by atoms with Gasteiger partial charge in [0.05, 0.1) is 6.54 Å². The highest BCUT2D eigenvalue weighted by Crippen LogP contribution is 2.07. The summed E-state index contributed by atoms with van der Waals surface area (Å²) >= 11 is 0. The van der Waals surface area contributed by atoms with Gasteiger partial charge in [-0.3, -0.25) is 0 Å². The van der Waals surface area contributed by atoms with Gasteiger partial charge in [0, 0.05) is 0 Å². The van der Waals surface area contributed by atoms with E-state index in [1.165, 1.54) is 0 Å². The molecule has 0 saturated carbocycles. The topological polar surface area (TPSA) is 73.9 Å². The maximum absolute atomic E-state index is 11.2. The summed E-state index contributed by atoms with van der Waals surface area (Å²) < 4.78 is 14.2. The molecule has 1 heterocycles. The van der Waals surface area contributed by atoms with Gasteiger partial charge in [-0.15, -0.1) is 0 Å². The van der Waals surface area contributed by atoms with Crippen molar-refractivity contribution in [2.45, 2.75) is 32.5 Å². The Bertz CT molecular complexity index is 258. The van der Waals surface area contributed by atoms with Crippen molar-refractivity contribution in [1.82, 2.24) is 5.32 Å². The number of hydrogen-bond acceptors (Lipinski definition) is 5. The minimum atomic E-state index is -0.703. The Morgan fingerprint density at radius 2 is 2.27 bits per heavy atom. The van der Waals surface area contributed by atoms with Gasteiger partial charge in [0.1, 0.15) is 12.2 Å². The predicted octanol–water partition coefficient (Wildman–Crippen LogP) is 1.05. The van der Waals surface area contributed by atoms with Crippen molar-refractivity contribution in [3.8, 4) is 0 Å². The molecule has 1 N–H and O–H groups in total. The first-order valence-electron chi connectivity index (χ1n) is 4.67. The highest BCUT2D eigenvalue weighted by atomic mass is 16.8. The van der Waals surface area contributed by atoms with E-state index >= 15 is 0 Å². The first kappa shape index (κ1) is 11.6. The predicted molar refractivity (Wildman–Crippen MR) is 50.5 cm³/mol. The van der Waals surface area contributed by atoms with Crippen molar-refractivity contribution in [3.05, 3.63) is 0 Å². The Labute approximate surface area is 87.9 Å². The average molecular weight is 217 g/mol. The molecule has 1 amide bonds. The summed E-state index contributed by atoms with van der Waals surface area (Å²) in [4.78, 5) is 21.7. The molecule has 0 radical (unpaired) electrons. The lowest BCUT2D eigenvalue weighted by atomic mass is 10.2. The molecule has 1 rings (SSSR count). The molecule has 1 aliphatic rings. The molecule has 1 saturated heterocycles. The van der Waals surface area contributed by atoms with Crippen molar-refractivity contribution >= 4 is 12.2 Å². The fraction of sp³-hybridized carbons (Fsp3) is 0.778. The molecule has 1 aliphatic heterocycles. The highest BCUT2D eigenvalue weighted by molar-refractivity contribution is 5.68. The third-order valence-corrected chi connectivity index (χ3v) is 1.52. The van der Waals surface area contributed by atoms with E-state index in [1.54, 1.807) is 20.8 Å². The van der Waals surface area contributed by atoms with Crippen LogP contribution in [0.1, 0.15) is 20.8 Å². The summed E-state index contributed by atoms with van der Waals surface area (Å²) in [6.07, 6.45) is -1.67. The number of alkyl carbamates (subject to hydrolysis) is 1. The molecule has 0 aromatic rings. The van der Waals surface area contributed by atoms with Gasteiger partial charge < -0.3 is 19.5 Å². The van der Waals surface area contributed by atoms with Gasteiger partial charge >= 0.3 is 12.2 Å². The lowest BCUT2D eigenvalue weighted by Crippen LogP contribution is -2.37. The van der Waals surface area contributed by atoms with Crippen molar-refractivity contribution in [2.75, 3.05) is 13.2 Å². The van der Waals surface area contributed by atoms with Crippen LogP contribution in [0.3, 0.4) is 0 Å². The maximum atomic E-state index is 11.2. The molecule has 0 bridgehead atoms.